The Balaban J connectivity index is 1.06. The summed E-state index contributed by atoms with van der Waals surface area (Å²) in [6, 6.07) is 94.1. The summed E-state index contributed by atoms with van der Waals surface area (Å²) in [5.41, 5.74) is 18.4. The third-order valence-corrected chi connectivity index (χ3v) is 14.2. The zero-order chi connectivity index (χ0) is 49.0. The van der Waals surface area contributed by atoms with Crippen LogP contribution in [0.4, 0.5) is 0 Å². The first-order valence-corrected chi connectivity index (χ1v) is 25.0. The van der Waals surface area contributed by atoms with Gasteiger partial charge in [-0.3, -0.25) is 0 Å². The Bertz CT molecular complexity index is 4130. The van der Waals surface area contributed by atoms with Gasteiger partial charge in [-0.1, -0.05) is 194 Å². The lowest BCUT2D eigenvalue weighted by atomic mass is 9.95. The first kappa shape index (κ1) is 42.9. The molecule has 346 valence electrons. The summed E-state index contributed by atoms with van der Waals surface area (Å²) in [5.74, 6) is 1.73. The first-order chi connectivity index (χ1) is 36.7. The van der Waals surface area contributed by atoms with E-state index in [0.717, 1.165) is 122 Å². The maximum absolute atomic E-state index is 6.63. The highest BCUT2D eigenvalue weighted by Gasteiger charge is 2.23. The van der Waals surface area contributed by atoms with Gasteiger partial charge in [-0.15, -0.1) is 0 Å². The number of furan rings is 1. The summed E-state index contributed by atoms with van der Waals surface area (Å²) in [6.07, 6.45) is 0. The van der Waals surface area contributed by atoms with Crippen LogP contribution in [0.2, 0.25) is 0 Å². The van der Waals surface area contributed by atoms with Gasteiger partial charge in [-0.05, 0) is 123 Å². The fourth-order valence-electron chi connectivity index (χ4n) is 10.7. The molecule has 0 aliphatic rings. The highest BCUT2D eigenvalue weighted by Crippen LogP contribution is 2.43. The Kier molecular flexibility index (Phi) is 10.4. The lowest BCUT2D eigenvalue weighted by molar-refractivity contribution is 0.670. The molecule has 0 saturated carbocycles. The van der Waals surface area contributed by atoms with Crippen LogP contribution in [0.5, 0.6) is 0 Å². The van der Waals surface area contributed by atoms with Crippen molar-refractivity contribution in [2.75, 3.05) is 0 Å². The molecule has 11 aromatic carbocycles. The van der Waals surface area contributed by atoms with Gasteiger partial charge in [0.05, 0.1) is 11.0 Å². The molecule has 0 unspecified atom stereocenters. The highest BCUT2D eigenvalue weighted by atomic mass is 16.3. The minimum Gasteiger partial charge on any atom is -0.455 e. The fourth-order valence-corrected chi connectivity index (χ4v) is 10.7. The van der Waals surface area contributed by atoms with Gasteiger partial charge in [0.1, 0.15) is 11.2 Å². The second-order valence-corrected chi connectivity index (χ2v) is 18.8. The minimum absolute atomic E-state index is 0.574. The number of nitrogens with zero attached hydrogens (tertiary/aromatic N) is 4. The monoisotopic (exact) mass is 944 g/mol. The summed E-state index contributed by atoms with van der Waals surface area (Å²) >= 11 is 0. The maximum atomic E-state index is 6.63. The van der Waals surface area contributed by atoms with E-state index in [9.17, 15) is 0 Å². The molecule has 0 aliphatic heterocycles. The van der Waals surface area contributed by atoms with E-state index in [-0.39, 0.29) is 0 Å². The molecule has 0 spiro atoms. The predicted octanol–water partition coefficient (Wildman–Crippen LogP) is 18.2. The molecule has 0 fully saturated rings. The van der Waals surface area contributed by atoms with E-state index in [4.69, 9.17) is 19.4 Å². The molecule has 5 heteroatoms. The molecule has 3 heterocycles. The summed E-state index contributed by atoms with van der Waals surface area (Å²) in [5, 5.41) is 4.31. The predicted molar refractivity (Wildman–Crippen MR) is 305 cm³/mol. The van der Waals surface area contributed by atoms with E-state index >= 15 is 0 Å². The van der Waals surface area contributed by atoms with Crippen LogP contribution < -0.4 is 0 Å². The van der Waals surface area contributed by atoms with E-state index in [2.05, 4.69) is 259 Å². The maximum Gasteiger partial charge on any atom is 0.164 e. The van der Waals surface area contributed by atoms with Crippen LogP contribution in [0.15, 0.2) is 271 Å². The molecule has 0 N–H and O–H groups in total. The summed E-state index contributed by atoms with van der Waals surface area (Å²) in [7, 11) is 0. The largest absolute Gasteiger partial charge is 0.455 e. The van der Waals surface area contributed by atoms with Crippen molar-refractivity contribution in [2.45, 2.75) is 0 Å². The number of para-hydroxylation sites is 3. The van der Waals surface area contributed by atoms with Gasteiger partial charge in [0.25, 0.3) is 0 Å². The Morgan fingerprint density at radius 1 is 0.270 bits per heavy atom. The van der Waals surface area contributed by atoms with Crippen molar-refractivity contribution in [1.82, 2.24) is 19.5 Å². The standard InChI is InChI=1S/C69H44N4O/c1-6-20-45(21-7-1)50-38-51(46-22-8-2-9-23-46)41-54(40-50)67-70-68(55-42-52(47-24-10-3-11-25-47)39-53(43-55)48-26-12-4-13-27-48)72-69(71-67)60-33-19-34-63-65(60)61-44-49(36-37-62(61)73(63)56-28-14-5-15-29-56)57-31-18-32-59-58-30-16-17-35-64(58)74-66(57)59/h1-44H. The molecule has 0 bridgehead atoms. The second-order valence-electron chi connectivity index (χ2n) is 18.8. The molecular weight excluding hydrogens is 901 g/mol. The Morgan fingerprint density at radius 3 is 1.27 bits per heavy atom. The van der Waals surface area contributed by atoms with Crippen molar-refractivity contribution in [3.05, 3.63) is 267 Å². The molecule has 0 radical (unpaired) electrons. The lowest BCUT2D eigenvalue weighted by Crippen LogP contribution is -2.01. The molecule has 3 aromatic heterocycles. The number of aromatic nitrogens is 4. The van der Waals surface area contributed by atoms with Crippen LogP contribution in [-0.4, -0.2) is 19.5 Å². The number of fused-ring (bicyclic) bond motifs is 6. The second kappa shape index (κ2) is 18.0. The van der Waals surface area contributed by atoms with Crippen LogP contribution in [0.1, 0.15) is 0 Å². The van der Waals surface area contributed by atoms with Gasteiger partial charge < -0.3 is 8.98 Å². The SMILES string of the molecule is c1ccc(-c2cc(-c3ccccc3)cc(-c3nc(-c4cc(-c5ccccc5)cc(-c5ccccc5)c4)nc(-c4cccc5c4c4cc(-c6cccc7c6oc6ccccc67)ccc4n5-c4ccccc4)n3)c2)cc1. The average Bonchev–Trinajstić information content (AvgIpc) is 4.04. The summed E-state index contributed by atoms with van der Waals surface area (Å²) in [4.78, 5) is 16.6. The van der Waals surface area contributed by atoms with Gasteiger partial charge in [0.15, 0.2) is 17.5 Å². The molecule has 0 amide bonds. The quantitative estimate of drug-likeness (QED) is 0.145. The smallest absolute Gasteiger partial charge is 0.164 e. The number of hydrogen-bond acceptors (Lipinski definition) is 4. The van der Waals surface area contributed by atoms with E-state index in [0.29, 0.717) is 17.5 Å². The van der Waals surface area contributed by atoms with Gasteiger partial charge >= 0.3 is 0 Å². The molecule has 0 atom stereocenters. The third-order valence-electron chi connectivity index (χ3n) is 14.2. The van der Waals surface area contributed by atoms with Crippen molar-refractivity contribution < 1.29 is 4.42 Å². The van der Waals surface area contributed by atoms with Crippen LogP contribution >= 0.6 is 0 Å². The molecular formula is C69H44N4O. The zero-order valence-electron chi connectivity index (χ0n) is 40.1. The van der Waals surface area contributed by atoms with E-state index in [1.165, 1.54) is 0 Å². The van der Waals surface area contributed by atoms with Gasteiger partial charge in [0.2, 0.25) is 0 Å². The molecule has 5 nitrogen and oxygen atoms in total. The molecule has 14 aromatic rings. The van der Waals surface area contributed by atoms with Crippen LogP contribution in [0, 0.1) is 0 Å². The normalized spacial score (nSPS) is 11.5. The van der Waals surface area contributed by atoms with Crippen molar-refractivity contribution in [3.63, 3.8) is 0 Å². The van der Waals surface area contributed by atoms with Crippen molar-refractivity contribution in [1.29, 1.82) is 0 Å². The molecule has 14 rings (SSSR count). The Hall–Kier alpha value is -9.97. The molecule has 0 aliphatic carbocycles. The van der Waals surface area contributed by atoms with Crippen LogP contribution in [-0.2, 0) is 0 Å². The van der Waals surface area contributed by atoms with Crippen LogP contribution in [0.25, 0.3) is 139 Å². The number of hydrogen-bond donors (Lipinski definition) is 0. The topological polar surface area (TPSA) is 56.7 Å². The Labute approximate surface area is 428 Å². The van der Waals surface area contributed by atoms with Crippen molar-refractivity contribution in [3.8, 4) is 95.5 Å². The van der Waals surface area contributed by atoms with E-state index in [1.54, 1.807) is 0 Å². The van der Waals surface area contributed by atoms with Gasteiger partial charge in [0, 0.05) is 49.5 Å². The number of rotatable bonds is 9. The first-order valence-electron chi connectivity index (χ1n) is 25.0. The summed E-state index contributed by atoms with van der Waals surface area (Å²) in [6.45, 7) is 0. The third kappa shape index (κ3) is 7.63. The van der Waals surface area contributed by atoms with Gasteiger partial charge in [-0.2, -0.15) is 0 Å². The lowest BCUT2D eigenvalue weighted by Gasteiger charge is -2.14. The van der Waals surface area contributed by atoms with Crippen molar-refractivity contribution in [2.24, 2.45) is 0 Å². The minimum atomic E-state index is 0.574. The molecule has 0 saturated heterocycles. The molecule has 74 heavy (non-hydrogen) atoms. The van der Waals surface area contributed by atoms with E-state index in [1.807, 2.05) is 12.1 Å². The van der Waals surface area contributed by atoms with E-state index < -0.39 is 0 Å². The Morgan fingerprint density at radius 2 is 0.716 bits per heavy atom. The fraction of sp³-hybridized carbons (Fsp3) is 0. The van der Waals surface area contributed by atoms with Crippen molar-refractivity contribution >= 4 is 43.7 Å². The highest BCUT2D eigenvalue weighted by molar-refractivity contribution is 6.17. The van der Waals surface area contributed by atoms with Crippen LogP contribution in [0.3, 0.4) is 0 Å². The average molecular weight is 945 g/mol. The van der Waals surface area contributed by atoms with Gasteiger partial charge in [-0.25, -0.2) is 15.0 Å². The zero-order valence-corrected chi connectivity index (χ0v) is 40.1. The number of benzene rings is 11. The summed E-state index contributed by atoms with van der Waals surface area (Å²) < 4.78 is 8.98.